The minimum atomic E-state index is -0.546. The SMILES string of the molecule is CCOC(=O)c1c(NC(=O)c2c(C)c3cc(CC)ccc3n2CC)sc(C(=O)N(CC)CC)c1C. The maximum absolute atomic E-state index is 13.6. The highest BCUT2D eigenvalue weighted by atomic mass is 32.1. The number of fused-ring (bicyclic) bond motifs is 1. The lowest BCUT2D eigenvalue weighted by Gasteiger charge is -2.18. The second kappa shape index (κ2) is 11.1. The molecule has 0 atom stereocenters. The number of benzene rings is 1. The molecule has 3 rings (SSSR count). The Balaban J connectivity index is 2.11. The maximum Gasteiger partial charge on any atom is 0.341 e. The van der Waals surface area contributed by atoms with Crippen LogP contribution < -0.4 is 5.32 Å². The fourth-order valence-electron chi connectivity index (χ4n) is 4.48. The van der Waals surface area contributed by atoms with Crippen molar-refractivity contribution in [3.63, 3.8) is 0 Å². The number of esters is 1. The van der Waals surface area contributed by atoms with Gasteiger partial charge in [-0.25, -0.2) is 4.79 Å². The summed E-state index contributed by atoms with van der Waals surface area (Å²) in [7, 11) is 0. The number of hydrogen-bond donors (Lipinski definition) is 1. The average molecular weight is 498 g/mol. The Bertz CT molecular complexity index is 1270. The van der Waals surface area contributed by atoms with Crippen molar-refractivity contribution in [2.24, 2.45) is 0 Å². The third kappa shape index (κ3) is 4.85. The number of aryl methyl sites for hydroxylation is 3. The molecule has 2 amide bonds. The van der Waals surface area contributed by atoms with Crippen LogP contribution in [0.1, 0.15) is 81.8 Å². The molecule has 0 aliphatic rings. The number of hydrogen-bond acceptors (Lipinski definition) is 5. The first-order chi connectivity index (χ1) is 16.7. The average Bonchev–Trinajstić information content (AvgIpc) is 3.32. The predicted octanol–water partition coefficient (Wildman–Crippen LogP) is 5.81. The van der Waals surface area contributed by atoms with E-state index in [2.05, 4.69) is 30.4 Å². The van der Waals surface area contributed by atoms with Gasteiger partial charge in [0.1, 0.15) is 10.7 Å². The van der Waals surface area contributed by atoms with Gasteiger partial charge in [0, 0.05) is 30.5 Å². The van der Waals surface area contributed by atoms with Crippen LogP contribution in [-0.4, -0.2) is 46.9 Å². The molecule has 2 aromatic heterocycles. The normalized spacial score (nSPS) is 11.1. The topological polar surface area (TPSA) is 80.6 Å². The Hall–Kier alpha value is -3.13. The highest BCUT2D eigenvalue weighted by Gasteiger charge is 2.29. The summed E-state index contributed by atoms with van der Waals surface area (Å²) in [6, 6.07) is 6.28. The molecule has 0 fully saturated rings. The molecule has 1 N–H and O–H groups in total. The highest BCUT2D eigenvalue weighted by Crippen LogP contribution is 2.36. The number of carbonyl (C=O) groups excluding carboxylic acids is 3. The molecule has 35 heavy (non-hydrogen) atoms. The fraction of sp³-hybridized carbons (Fsp3) is 0.444. The predicted molar refractivity (Wildman–Crippen MR) is 142 cm³/mol. The van der Waals surface area contributed by atoms with Crippen molar-refractivity contribution in [3.05, 3.63) is 51.0 Å². The van der Waals surface area contributed by atoms with Gasteiger partial charge in [-0.15, -0.1) is 11.3 Å². The second-order valence-corrected chi connectivity index (χ2v) is 9.36. The van der Waals surface area contributed by atoms with E-state index in [-0.39, 0.29) is 24.0 Å². The van der Waals surface area contributed by atoms with Gasteiger partial charge >= 0.3 is 5.97 Å². The van der Waals surface area contributed by atoms with Crippen LogP contribution in [-0.2, 0) is 17.7 Å². The first kappa shape index (κ1) is 26.5. The molecule has 188 valence electrons. The quantitative estimate of drug-likeness (QED) is 0.378. The minimum Gasteiger partial charge on any atom is -0.462 e. The summed E-state index contributed by atoms with van der Waals surface area (Å²) < 4.78 is 7.26. The Morgan fingerprint density at radius 3 is 2.29 bits per heavy atom. The van der Waals surface area contributed by atoms with Crippen molar-refractivity contribution in [3.8, 4) is 0 Å². The van der Waals surface area contributed by atoms with E-state index in [4.69, 9.17) is 4.74 Å². The summed E-state index contributed by atoms with van der Waals surface area (Å²) in [5.41, 5.74) is 4.41. The van der Waals surface area contributed by atoms with Crippen LogP contribution in [0.15, 0.2) is 18.2 Å². The van der Waals surface area contributed by atoms with E-state index in [0.717, 1.165) is 34.2 Å². The molecule has 0 bridgehead atoms. The van der Waals surface area contributed by atoms with Gasteiger partial charge in [-0.2, -0.15) is 0 Å². The first-order valence-corrected chi connectivity index (χ1v) is 13.1. The molecule has 8 heteroatoms. The zero-order valence-electron chi connectivity index (χ0n) is 21.7. The summed E-state index contributed by atoms with van der Waals surface area (Å²) in [6.45, 7) is 15.3. The van der Waals surface area contributed by atoms with Crippen LogP contribution in [0.25, 0.3) is 10.9 Å². The Morgan fingerprint density at radius 2 is 1.71 bits per heavy atom. The van der Waals surface area contributed by atoms with Crippen molar-refractivity contribution >= 4 is 45.0 Å². The molecule has 0 saturated carbocycles. The molecule has 0 saturated heterocycles. The number of nitrogens with zero attached hydrogens (tertiary/aromatic N) is 2. The van der Waals surface area contributed by atoms with E-state index in [1.54, 1.807) is 18.7 Å². The molecular weight excluding hydrogens is 462 g/mol. The maximum atomic E-state index is 13.6. The molecule has 0 aliphatic heterocycles. The molecule has 0 radical (unpaired) electrons. The second-order valence-electron chi connectivity index (χ2n) is 8.34. The highest BCUT2D eigenvalue weighted by molar-refractivity contribution is 7.18. The molecular formula is C27H35N3O4S. The zero-order valence-corrected chi connectivity index (χ0v) is 22.5. The molecule has 3 aromatic rings. The number of carbonyl (C=O) groups is 3. The van der Waals surface area contributed by atoms with Gasteiger partial charge in [0.05, 0.1) is 17.0 Å². The number of aromatic nitrogens is 1. The van der Waals surface area contributed by atoms with Crippen LogP contribution in [0, 0.1) is 13.8 Å². The van der Waals surface area contributed by atoms with E-state index in [1.165, 1.54) is 5.56 Å². The van der Waals surface area contributed by atoms with Gasteiger partial charge in [0.2, 0.25) is 0 Å². The van der Waals surface area contributed by atoms with Crippen molar-refractivity contribution in [2.75, 3.05) is 25.0 Å². The lowest BCUT2D eigenvalue weighted by molar-refractivity contribution is 0.0527. The Labute approximate surface area is 211 Å². The number of amides is 2. The molecule has 0 unspecified atom stereocenters. The lowest BCUT2D eigenvalue weighted by atomic mass is 10.1. The van der Waals surface area contributed by atoms with Gasteiger partial charge in [0.15, 0.2) is 0 Å². The third-order valence-corrected chi connectivity index (χ3v) is 7.61. The first-order valence-electron chi connectivity index (χ1n) is 12.3. The largest absolute Gasteiger partial charge is 0.462 e. The monoisotopic (exact) mass is 497 g/mol. The fourth-order valence-corrected chi connectivity index (χ4v) is 5.64. The van der Waals surface area contributed by atoms with Gasteiger partial charge < -0.3 is 19.5 Å². The standard InChI is InChI=1S/C27H35N3O4S/c1-8-18-13-14-20-19(15-18)16(6)22(30(20)11-4)24(31)28-25-21(27(33)34-12-5)17(7)23(35-25)26(32)29(9-2)10-3/h13-15H,8-12H2,1-7H3,(H,28,31). The van der Waals surface area contributed by atoms with Crippen LogP contribution in [0.2, 0.25) is 0 Å². The zero-order chi connectivity index (χ0) is 25.9. The summed E-state index contributed by atoms with van der Waals surface area (Å²) in [5, 5.41) is 4.33. The lowest BCUT2D eigenvalue weighted by Crippen LogP contribution is -2.30. The summed E-state index contributed by atoms with van der Waals surface area (Å²) >= 11 is 1.13. The van der Waals surface area contributed by atoms with E-state index in [9.17, 15) is 14.4 Å². The third-order valence-electron chi connectivity index (χ3n) is 6.42. The van der Waals surface area contributed by atoms with Crippen LogP contribution in [0.4, 0.5) is 5.00 Å². The van der Waals surface area contributed by atoms with E-state index >= 15 is 0 Å². The smallest absolute Gasteiger partial charge is 0.341 e. The van der Waals surface area contributed by atoms with E-state index < -0.39 is 5.97 Å². The number of anilines is 1. The molecule has 0 spiro atoms. The van der Waals surface area contributed by atoms with Crippen LogP contribution in [0.3, 0.4) is 0 Å². The summed E-state index contributed by atoms with van der Waals surface area (Å²) in [4.78, 5) is 41.8. The number of rotatable bonds is 9. The molecule has 0 aliphatic carbocycles. The summed E-state index contributed by atoms with van der Waals surface area (Å²) in [6.07, 6.45) is 0.912. The van der Waals surface area contributed by atoms with E-state index in [0.29, 0.717) is 40.8 Å². The molecule has 7 nitrogen and oxygen atoms in total. The number of thiophene rings is 1. The molecule has 2 heterocycles. The van der Waals surface area contributed by atoms with Crippen LogP contribution in [0.5, 0.6) is 0 Å². The van der Waals surface area contributed by atoms with Gasteiger partial charge in [-0.05, 0) is 76.8 Å². The summed E-state index contributed by atoms with van der Waals surface area (Å²) in [5.74, 6) is -1.02. The van der Waals surface area contributed by atoms with Crippen LogP contribution >= 0.6 is 11.3 Å². The van der Waals surface area contributed by atoms with Crippen molar-refractivity contribution in [1.29, 1.82) is 0 Å². The Kier molecular flexibility index (Phi) is 8.38. The Morgan fingerprint density at radius 1 is 1.03 bits per heavy atom. The van der Waals surface area contributed by atoms with Crippen molar-refractivity contribution < 1.29 is 19.1 Å². The molecule has 1 aromatic carbocycles. The number of nitrogens with one attached hydrogen (secondary N) is 1. The van der Waals surface area contributed by atoms with Gasteiger partial charge in [-0.3, -0.25) is 9.59 Å². The van der Waals surface area contributed by atoms with Crippen molar-refractivity contribution in [1.82, 2.24) is 9.47 Å². The van der Waals surface area contributed by atoms with E-state index in [1.807, 2.05) is 32.3 Å². The number of ether oxygens (including phenoxy) is 1. The minimum absolute atomic E-state index is 0.158. The van der Waals surface area contributed by atoms with Crippen molar-refractivity contribution in [2.45, 2.75) is 61.4 Å². The van der Waals surface area contributed by atoms with Gasteiger partial charge in [0.25, 0.3) is 11.8 Å². The van der Waals surface area contributed by atoms with Gasteiger partial charge in [-0.1, -0.05) is 13.0 Å².